The van der Waals surface area contributed by atoms with Gasteiger partial charge in [-0.15, -0.1) is 0 Å². The van der Waals surface area contributed by atoms with Crippen molar-refractivity contribution in [2.75, 3.05) is 5.73 Å². The summed E-state index contributed by atoms with van der Waals surface area (Å²) in [6.07, 6.45) is 0.818. The number of nitrogens with two attached hydrogens (primary N) is 1. The fourth-order valence-electron chi connectivity index (χ4n) is 3.30. The lowest BCUT2D eigenvalue weighted by molar-refractivity contribution is 0.0941. The van der Waals surface area contributed by atoms with Crippen LogP contribution in [0.15, 0.2) is 48.5 Å². The quantitative estimate of drug-likeness (QED) is 0.513. The largest absolute Gasteiger partial charge is 0.384 e. The molecule has 148 valence electrons. The standard InChI is InChI=1S/C22H22ClN5O/c1-3-13(2)25-22(29)18-19-21(27-17-11-7-6-10-16(17)26-19)28(20(18)24)12-14-8-4-5-9-15(14)23/h4-11,13H,3,12,24H2,1-2H3,(H,25,29). The summed E-state index contributed by atoms with van der Waals surface area (Å²) < 4.78 is 1.81. The van der Waals surface area contributed by atoms with Crippen LogP contribution >= 0.6 is 11.6 Å². The highest BCUT2D eigenvalue weighted by molar-refractivity contribution is 6.31. The van der Waals surface area contributed by atoms with E-state index >= 15 is 0 Å². The Morgan fingerprint density at radius 2 is 1.79 bits per heavy atom. The van der Waals surface area contributed by atoms with Crippen LogP contribution in [0.1, 0.15) is 36.2 Å². The molecule has 2 aromatic heterocycles. The Balaban J connectivity index is 1.94. The number of hydrogen-bond donors (Lipinski definition) is 2. The molecule has 4 rings (SSSR count). The number of carbonyl (C=O) groups is 1. The lowest BCUT2D eigenvalue weighted by atomic mass is 10.2. The summed E-state index contributed by atoms with van der Waals surface area (Å²) in [6.45, 7) is 4.37. The van der Waals surface area contributed by atoms with Gasteiger partial charge in [0.05, 0.1) is 17.6 Å². The molecule has 0 aliphatic rings. The van der Waals surface area contributed by atoms with Crippen LogP contribution in [0.5, 0.6) is 0 Å². The first kappa shape index (κ1) is 19.2. The Kier molecular flexibility index (Phi) is 5.11. The van der Waals surface area contributed by atoms with Gasteiger partial charge in [0.2, 0.25) is 0 Å². The smallest absolute Gasteiger partial charge is 0.257 e. The zero-order valence-corrected chi connectivity index (χ0v) is 17.1. The van der Waals surface area contributed by atoms with Crippen molar-refractivity contribution in [3.05, 3.63) is 64.7 Å². The second-order valence-electron chi connectivity index (χ2n) is 7.11. The summed E-state index contributed by atoms with van der Waals surface area (Å²) in [4.78, 5) is 22.5. The van der Waals surface area contributed by atoms with Gasteiger partial charge in [-0.05, 0) is 37.1 Å². The molecule has 0 radical (unpaired) electrons. The van der Waals surface area contributed by atoms with E-state index in [0.717, 1.165) is 17.5 Å². The number of nitrogens with one attached hydrogen (secondary N) is 1. The third kappa shape index (κ3) is 3.51. The van der Waals surface area contributed by atoms with Crippen LogP contribution in [0.3, 0.4) is 0 Å². The van der Waals surface area contributed by atoms with Crippen LogP contribution in [-0.4, -0.2) is 26.5 Å². The highest BCUT2D eigenvalue weighted by Crippen LogP contribution is 2.30. The predicted molar refractivity (Wildman–Crippen MR) is 117 cm³/mol. The Labute approximate surface area is 173 Å². The molecule has 7 heteroatoms. The zero-order valence-electron chi connectivity index (χ0n) is 16.3. The fourth-order valence-corrected chi connectivity index (χ4v) is 3.49. The second kappa shape index (κ2) is 7.72. The number of nitrogens with zero attached hydrogens (tertiary/aromatic N) is 3. The van der Waals surface area contributed by atoms with E-state index in [9.17, 15) is 4.79 Å². The van der Waals surface area contributed by atoms with Gasteiger partial charge in [0.1, 0.15) is 16.9 Å². The van der Waals surface area contributed by atoms with Gasteiger partial charge in [-0.1, -0.05) is 48.9 Å². The molecule has 3 N–H and O–H groups in total. The molecule has 0 saturated heterocycles. The third-order valence-electron chi connectivity index (χ3n) is 5.09. The highest BCUT2D eigenvalue weighted by atomic mass is 35.5. The fraction of sp³-hybridized carbons (Fsp3) is 0.227. The van der Waals surface area contributed by atoms with Crippen molar-refractivity contribution in [1.82, 2.24) is 19.9 Å². The number of para-hydroxylation sites is 2. The van der Waals surface area contributed by atoms with E-state index in [2.05, 4.69) is 5.32 Å². The average molecular weight is 408 g/mol. The van der Waals surface area contributed by atoms with Crippen LogP contribution in [0.2, 0.25) is 5.02 Å². The number of hydrogen-bond acceptors (Lipinski definition) is 4. The highest BCUT2D eigenvalue weighted by Gasteiger charge is 2.25. The number of rotatable bonds is 5. The Bertz CT molecular complexity index is 1220. The molecule has 0 aliphatic carbocycles. The molecule has 0 saturated carbocycles. The lowest BCUT2D eigenvalue weighted by Crippen LogP contribution is -2.32. The van der Waals surface area contributed by atoms with Crippen molar-refractivity contribution in [1.29, 1.82) is 0 Å². The normalized spacial score (nSPS) is 12.4. The van der Waals surface area contributed by atoms with Crippen LogP contribution in [-0.2, 0) is 6.54 Å². The van der Waals surface area contributed by atoms with Crippen molar-refractivity contribution in [2.24, 2.45) is 0 Å². The maximum absolute atomic E-state index is 13.0. The molecular formula is C22H22ClN5O. The number of benzene rings is 2. The molecule has 1 unspecified atom stereocenters. The molecule has 29 heavy (non-hydrogen) atoms. The van der Waals surface area contributed by atoms with E-state index in [1.165, 1.54) is 0 Å². The summed E-state index contributed by atoms with van der Waals surface area (Å²) in [5.41, 5.74) is 10.2. The van der Waals surface area contributed by atoms with Crippen LogP contribution in [0.4, 0.5) is 5.82 Å². The van der Waals surface area contributed by atoms with Gasteiger partial charge >= 0.3 is 0 Å². The van der Waals surface area contributed by atoms with E-state index in [0.29, 0.717) is 39.6 Å². The number of anilines is 1. The molecule has 1 amide bonds. The summed E-state index contributed by atoms with van der Waals surface area (Å²) in [7, 11) is 0. The van der Waals surface area contributed by atoms with Crippen molar-refractivity contribution in [3.8, 4) is 0 Å². The minimum absolute atomic E-state index is 0.0253. The third-order valence-corrected chi connectivity index (χ3v) is 5.46. The maximum atomic E-state index is 13.0. The molecular weight excluding hydrogens is 386 g/mol. The summed E-state index contributed by atoms with van der Waals surface area (Å²) in [5, 5.41) is 3.62. The average Bonchev–Trinajstić information content (AvgIpc) is 2.98. The Hall–Kier alpha value is -3.12. The predicted octanol–water partition coefficient (Wildman–Crippen LogP) is 4.40. The lowest BCUT2D eigenvalue weighted by Gasteiger charge is -2.12. The first-order valence-corrected chi connectivity index (χ1v) is 9.96. The second-order valence-corrected chi connectivity index (χ2v) is 7.51. The minimum Gasteiger partial charge on any atom is -0.384 e. The number of amides is 1. The number of nitrogen functional groups attached to an aromatic ring is 1. The molecule has 0 fully saturated rings. The van der Waals surface area contributed by atoms with Gasteiger partial charge in [-0.2, -0.15) is 0 Å². The SMILES string of the molecule is CCC(C)NC(=O)c1c(N)n(Cc2ccccc2Cl)c2nc3ccccc3nc12. The van der Waals surface area contributed by atoms with Crippen molar-refractivity contribution in [2.45, 2.75) is 32.9 Å². The van der Waals surface area contributed by atoms with Crippen LogP contribution in [0.25, 0.3) is 22.2 Å². The van der Waals surface area contributed by atoms with E-state index in [-0.39, 0.29) is 11.9 Å². The first-order chi connectivity index (χ1) is 14.0. The molecule has 2 aromatic carbocycles. The molecule has 0 spiro atoms. The van der Waals surface area contributed by atoms with Gasteiger partial charge in [0.25, 0.3) is 5.91 Å². The van der Waals surface area contributed by atoms with Gasteiger partial charge in [0, 0.05) is 11.1 Å². The molecule has 0 bridgehead atoms. The number of aromatic nitrogens is 3. The summed E-state index contributed by atoms with van der Waals surface area (Å²) in [5.74, 6) is 0.0837. The Morgan fingerprint density at radius 1 is 1.14 bits per heavy atom. The molecule has 1 atom stereocenters. The number of halogens is 1. The van der Waals surface area contributed by atoms with Gasteiger partial charge in [-0.3, -0.25) is 4.79 Å². The van der Waals surface area contributed by atoms with Crippen molar-refractivity contribution < 1.29 is 4.79 Å². The number of carbonyl (C=O) groups excluding carboxylic acids is 1. The maximum Gasteiger partial charge on any atom is 0.257 e. The van der Waals surface area contributed by atoms with Gasteiger partial charge in [0.15, 0.2) is 5.65 Å². The first-order valence-electron chi connectivity index (χ1n) is 9.58. The monoisotopic (exact) mass is 407 g/mol. The van der Waals surface area contributed by atoms with Crippen LogP contribution in [0, 0.1) is 0 Å². The summed E-state index contributed by atoms with van der Waals surface area (Å²) >= 11 is 6.36. The van der Waals surface area contributed by atoms with Crippen molar-refractivity contribution in [3.63, 3.8) is 0 Å². The molecule has 2 heterocycles. The molecule has 4 aromatic rings. The van der Waals surface area contributed by atoms with E-state index < -0.39 is 0 Å². The Morgan fingerprint density at radius 3 is 2.48 bits per heavy atom. The van der Waals surface area contributed by atoms with E-state index in [1.807, 2.05) is 66.9 Å². The molecule has 0 aliphatic heterocycles. The summed E-state index contributed by atoms with van der Waals surface area (Å²) in [6, 6.07) is 15.1. The number of fused-ring (bicyclic) bond motifs is 2. The molecule has 6 nitrogen and oxygen atoms in total. The van der Waals surface area contributed by atoms with Gasteiger partial charge in [-0.25, -0.2) is 9.97 Å². The topological polar surface area (TPSA) is 85.8 Å². The van der Waals surface area contributed by atoms with E-state index in [4.69, 9.17) is 27.3 Å². The van der Waals surface area contributed by atoms with Gasteiger partial charge < -0.3 is 15.6 Å². The van der Waals surface area contributed by atoms with E-state index in [1.54, 1.807) is 0 Å². The minimum atomic E-state index is -0.246. The van der Waals surface area contributed by atoms with Crippen molar-refractivity contribution >= 4 is 45.5 Å². The zero-order chi connectivity index (χ0) is 20.5. The van der Waals surface area contributed by atoms with Crippen LogP contribution < -0.4 is 11.1 Å².